The third-order valence-corrected chi connectivity index (χ3v) is 2.96. The van der Waals surface area contributed by atoms with Gasteiger partial charge < -0.3 is 9.47 Å². The summed E-state index contributed by atoms with van der Waals surface area (Å²) in [6.07, 6.45) is -0.980. The third kappa shape index (κ3) is 1.84. The molecule has 0 aliphatic carbocycles. The predicted molar refractivity (Wildman–Crippen MR) is 59.4 cm³/mol. The quantitative estimate of drug-likeness (QED) is 0.479. The molecule has 1 aliphatic rings. The number of rotatable bonds is 2. The fraction of sp³-hybridized carbons (Fsp3) is 0.300. The third-order valence-electron chi connectivity index (χ3n) is 2.09. The molecule has 0 bridgehead atoms. The Bertz CT molecular complexity index is 325. The Morgan fingerprint density at radius 2 is 1.93 bits per heavy atom. The van der Waals surface area contributed by atoms with Gasteiger partial charge in [0.1, 0.15) is 0 Å². The Balaban J connectivity index is 2.22. The number of hydrogen-bond donors (Lipinski definition) is 0. The van der Waals surface area contributed by atoms with Gasteiger partial charge in [0.15, 0.2) is 12.2 Å². The average Bonchev–Trinajstić information content (AvgIpc) is 2.61. The normalized spacial score (nSPS) is 25.6. The zero-order valence-electron chi connectivity index (χ0n) is 7.35. The van der Waals surface area contributed by atoms with E-state index in [0.29, 0.717) is 0 Å². The van der Waals surface area contributed by atoms with Crippen molar-refractivity contribution < 1.29 is 14.3 Å². The van der Waals surface area contributed by atoms with Gasteiger partial charge in [-0.15, -0.1) is 0 Å². The molecule has 1 fully saturated rings. The van der Waals surface area contributed by atoms with E-state index >= 15 is 0 Å². The van der Waals surface area contributed by atoms with Crippen LogP contribution in [0.5, 0.6) is 0 Å². The van der Waals surface area contributed by atoms with Crippen LogP contribution in [-0.2, 0) is 9.47 Å². The lowest BCUT2D eigenvalue weighted by Crippen LogP contribution is -2.16. The molecule has 1 saturated heterocycles. The van der Waals surface area contributed by atoms with Gasteiger partial charge >= 0.3 is 6.16 Å². The maximum Gasteiger partial charge on any atom is 0.509 e. The second-order valence-electron chi connectivity index (χ2n) is 3.01. The van der Waals surface area contributed by atoms with Gasteiger partial charge in [-0.25, -0.2) is 4.79 Å². The zero-order valence-corrected chi connectivity index (χ0v) is 9.51. The summed E-state index contributed by atoms with van der Waals surface area (Å²) in [7, 11) is 0. The summed E-state index contributed by atoms with van der Waals surface area (Å²) < 4.78 is 10.8. The Morgan fingerprint density at radius 1 is 1.21 bits per heavy atom. The van der Waals surface area contributed by atoms with Gasteiger partial charge in [-0.05, 0) is 5.56 Å². The molecule has 2 rings (SSSR count). The Hall–Kier alpha value is -0.780. The van der Waals surface area contributed by atoms with Crippen LogP contribution in [0.15, 0.2) is 30.3 Å². The largest absolute Gasteiger partial charge is 0.509 e. The van der Waals surface area contributed by atoms with E-state index in [0.717, 1.165) is 9.99 Å². The number of hydrogen-bond acceptors (Lipinski definition) is 3. The van der Waals surface area contributed by atoms with Crippen molar-refractivity contribution in [2.45, 2.75) is 12.2 Å². The van der Waals surface area contributed by atoms with Crippen molar-refractivity contribution in [1.29, 1.82) is 0 Å². The van der Waals surface area contributed by atoms with Crippen molar-refractivity contribution in [3.05, 3.63) is 35.9 Å². The predicted octanol–water partition coefficient (Wildman–Crippen LogP) is 2.70. The van der Waals surface area contributed by atoms with Crippen LogP contribution in [0.1, 0.15) is 11.7 Å². The van der Waals surface area contributed by atoms with Gasteiger partial charge in [0.25, 0.3) is 0 Å². The molecule has 0 N–H and O–H groups in total. The van der Waals surface area contributed by atoms with Crippen LogP contribution in [0, 0.1) is 0 Å². The van der Waals surface area contributed by atoms with E-state index in [4.69, 9.17) is 9.47 Å². The highest BCUT2D eigenvalue weighted by atomic mass is 127. The van der Waals surface area contributed by atoms with Gasteiger partial charge in [-0.3, -0.25) is 0 Å². The molecule has 0 spiro atoms. The maximum atomic E-state index is 10.9. The molecule has 1 heterocycles. The first kappa shape index (κ1) is 9.76. The van der Waals surface area contributed by atoms with E-state index in [1.165, 1.54) is 0 Å². The molecule has 74 valence electrons. The molecule has 0 saturated carbocycles. The highest BCUT2D eigenvalue weighted by Gasteiger charge is 2.36. The molecule has 2 atom stereocenters. The molecule has 0 radical (unpaired) electrons. The lowest BCUT2D eigenvalue weighted by molar-refractivity contribution is 0.117. The van der Waals surface area contributed by atoms with Crippen LogP contribution in [0.2, 0.25) is 0 Å². The van der Waals surface area contributed by atoms with Gasteiger partial charge in [0.2, 0.25) is 0 Å². The first-order valence-corrected chi connectivity index (χ1v) is 5.82. The monoisotopic (exact) mass is 304 g/mol. The molecule has 0 aromatic heterocycles. The Labute approximate surface area is 95.5 Å². The number of carbonyl (C=O) groups excluding carboxylic acids is 1. The van der Waals surface area contributed by atoms with E-state index < -0.39 is 6.16 Å². The number of benzene rings is 1. The first-order valence-electron chi connectivity index (χ1n) is 4.29. The van der Waals surface area contributed by atoms with Crippen LogP contribution in [0.4, 0.5) is 4.79 Å². The van der Waals surface area contributed by atoms with Gasteiger partial charge in [-0.2, -0.15) is 0 Å². The Morgan fingerprint density at radius 3 is 2.57 bits per heavy atom. The number of halogens is 1. The molecule has 4 heteroatoms. The minimum absolute atomic E-state index is 0.162. The van der Waals surface area contributed by atoms with E-state index in [2.05, 4.69) is 22.6 Å². The van der Waals surface area contributed by atoms with E-state index in [9.17, 15) is 4.79 Å². The summed E-state index contributed by atoms with van der Waals surface area (Å²) in [4.78, 5) is 10.9. The van der Waals surface area contributed by atoms with Gasteiger partial charge in [0, 0.05) is 4.43 Å². The minimum Gasteiger partial charge on any atom is -0.426 e. The molecular weight excluding hydrogens is 295 g/mol. The minimum atomic E-state index is -0.569. The molecule has 3 nitrogen and oxygen atoms in total. The molecule has 1 aliphatic heterocycles. The van der Waals surface area contributed by atoms with Crippen LogP contribution < -0.4 is 0 Å². The molecule has 2 unspecified atom stereocenters. The van der Waals surface area contributed by atoms with Crippen molar-refractivity contribution in [2.24, 2.45) is 0 Å². The number of alkyl halides is 1. The van der Waals surface area contributed by atoms with Crippen molar-refractivity contribution >= 4 is 28.7 Å². The topological polar surface area (TPSA) is 35.5 Å². The number of carbonyl (C=O) groups is 1. The highest BCUT2D eigenvalue weighted by molar-refractivity contribution is 14.1. The van der Waals surface area contributed by atoms with E-state index in [1.807, 2.05) is 30.3 Å². The summed E-state index contributed by atoms with van der Waals surface area (Å²) in [5, 5.41) is 0. The molecule has 14 heavy (non-hydrogen) atoms. The van der Waals surface area contributed by atoms with E-state index in [1.54, 1.807) is 0 Å². The van der Waals surface area contributed by atoms with Gasteiger partial charge in [0.05, 0.1) is 0 Å². The number of ether oxygens (including phenoxy) is 2. The van der Waals surface area contributed by atoms with Crippen LogP contribution in [0.3, 0.4) is 0 Å². The molecular formula is C10H9IO3. The van der Waals surface area contributed by atoms with Crippen molar-refractivity contribution in [3.8, 4) is 0 Å². The second kappa shape index (κ2) is 4.16. The van der Waals surface area contributed by atoms with Crippen LogP contribution in [0.25, 0.3) is 0 Å². The van der Waals surface area contributed by atoms with Crippen LogP contribution >= 0.6 is 22.6 Å². The molecule has 0 amide bonds. The number of cyclic esters (lactones) is 2. The second-order valence-corrected chi connectivity index (χ2v) is 3.89. The summed E-state index contributed by atoms with van der Waals surface area (Å²) in [6.45, 7) is 0. The summed E-state index contributed by atoms with van der Waals surface area (Å²) in [6, 6.07) is 9.65. The van der Waals surface area contributed by atoms with Crippen molar-refractivity contribution in [3.63, 3.8) is 0 Å². The zero-order chi connectivity index (χ0) is 9.97. The lowest BCUT2D eigenvalue weighted by atomic mass is 10.1. The SMILES string of the molecule is O=C1OC(CI)C(c2ccccc2)O1. The van der Waals surface area contributed by atoms with Crippen LogP contribution in [-0.4, -0.2) is 16.7 Å². The summed E-state index contributed by atoms with van der Waals surface area (Å²) in [5.41, 5.74) is 0.986. The maximum absolute atomic E-state index is 10.9. The molecule has 1 aromatic carbocycles. The summed E-state index contributed by atoms with van der Waals surface area (Å²) >= 11 is 2.18. The van der Waals surface area contributed by atoms with Crippen molar-refractivity contribution in [2.75, 3.05) is 4.43 Å². The van der Waals surface area contributed by atoms with E-state index in [-0.39, 0.29) is 12.2 Å². The first-order chi connectivity index (χ1) is 6.81. The Kier molecular flexibility index (Phi) is 2.90. The highest BCUT2D eigenvalue weighted by Crippen LogP contribution is 2.30. The standard InChI is InChI=1S/C10H9IO3/c11-6-8-9(14-10(12)13-8)7-4-2-1-3-5-7/h1-5,8-9H,6H2. The van der Waals surface area contributed by atoms with Gasteiger partial charge in [-0.1, -0.05) is 52.9 Å². The molecule has 1 aromatic rings. The average molecular weight is 304 g/mol. The van der Waals surface area contributed by atoms with Crippen molar-refractivity contribution in [1.82, 2.24) is 0 Å². The summed E-state index contributed by atoms with van der Waals surface area (Å²) in [5.74, 6) is 0. The smallest absolute Gasteiger partial charge is 0.426 e. The fourth-order valence-corrected chi connectivity index (χ4v) is 2.07. The fourth-order valence-electron chi connectivity index (χ4n) is 1.43. The lowest BCUT2D eigenvalue weighted by Gasteiger charge is -2.12.